The number of aryl methyl sites for hydroxylation is 1. The molecule has 60 valence electrons. The fraction of sp³-hybridized carbons (Fsp3) is 0.500. The minimum Gasteiger partial charge on any atom is -0.330 e. The average Bonchev–Trinajstić information content (AvgIpc) is 2.05. The van der Waals surface area contributed by atoms with Crippen molar-refractivity contribution >= 4 is 0 Å². The first kappa shape index (κ1) is 8.14. The highest BCUT2D eigenvalue weighted by molar-refractivity contribution is 5.09. The van der Waals surface area contributed by atoms with Gasteiger partial charge in [0.2, 0.25) is 0 Å². The second-order valence-corrected chi connectivity index (χ2v) is 2.74. The van der Waals surface area contributed by atoms with Crippen LogP contribution in [0.1, 0.15) is 24.2 Å². The van der Waals surface area contributed by atoms with Crippen LogP contribution in [0.2, 0.25) is 0 Å². The average molecular weight is 151 g/mol. The molecule has 1 atom stereocenters. The molecule has 0 aliphatic rings. The van der Waals surface area contributed by atoms with Crippen molar-refractivity contribution in [3.63, 3.8) is 0 Å². The molecule has 0 radical (unpaired) electrons. The van der Waals surface area contributed by atoms with Gasteiger partial charge >= 0.3 is 0 Å². The third-order valence-electron chi connectivity index (χ3n) is 1.68. The predicted molar refractivity (Wildman–Crippen MR) is 44.2 cm³/mol. The van der Waals surface area contributed by atoms with Crippen molar-refractivity contribution in [2.75, 3.05) is 6.54 Å². The number of nitrogens with two attached hydrogens (primary N) is 1. The Balaban J connectivity index is 2.81. The maximum atomic E-state index is 5.47. The summed E-state index contributed by atoms with van der Waals surface area (Å²) in [6.07, 6.45) is 0. The standard InChI is InChI=1S/C8H13N3/c1-6(5-9)8-4-3-7(2)10-11-8/h3-4,6H,5,9H2,1-2H3/t6-/m0/s1. The van der Waals surface area contributed by atoms with Crippen molar-refractivity contribution in [3.8, 4) is 0 Å². The quantitative estimate of drug-likeness (QED) is 0.681. The Morgan fingerprint density at radius 2 is 2.18 bits per heavy atom. The van der Waals surface area contributed by atoms with Gasteiger partial charge in [0.1, 0.15) is 0 Å². The zero-order valence-corrected chi connectivity index (χ0v) is 6.91. The van der Waals surface area contributed by atoms with E-state index < -0.39 is 0 Å². The maximum Gasteiger partial charge on any atom is 0.0672 e. The molecule has 1 aromatic rings. The van der Waals surface area contributed by atoms with E-state index in [9.17, 15) is 0 Å². The van der Waals surface area contributed by atoms with E-state index in [0.717, 1.165) is 11.4 Å². The van der Waals surface area contributed by atoms with Gasteiger partial charge in [-0.25, -0.2) is 0 Å². The van der Waals surface area contributed by atoms with Gasteiger partial charge in [0, 0.05) is 12.5 Å². The molecule has 0 bridgehead atoms. The molecule has 1 heterocycles. The highest BCUT2D eigenvalue weighted by atomic mass is 15.1. The summed E-state index contributed by atoms with van der Waals surface area (Å²) in [7, 11) is 0. The lowest BCUT2D eigenvalue weighted by atomic mass is 10.1. The topological polar surface area (TPSA) is 51.8 Å². The number of hydrogen-bond acceptors (Lipinski definition) is 3. The summed E-state index contributed by atoms with van der Waals surface area (Å²) in [6, 6.07) is 3.92. The van der Waals surface area contributed by atoms with Crippen LogP contribution < -0.4 is 5.73 Å². The van der Waals surface area contributed by atoms with Gasteiger partial charge in [0.05, 0.1) is 11.4 Å². The van der Waals surface area contributed by atoms with Crippen molar-refractivity contribution in [1.29, 1.82) is 0 Å². The Bertz CT molecular complexity index is 217. The molecule has 0 spiro atoms. The minimum absolute atomic E-state index is 0.308. The first-order chi connectivity index (χ1) is 5.24. The Morgan fingerprint density at radius 1 is 1.45 bits per heavy atom. The molecular formula is C8H13N3. The number of nitrogens with zero attached hydrogens (tertiary/aromatic N) is 2. The zero-order valence-electron chi connectivity index (χ0n) is 6.91. The van der Waals surface area contributed by atoms with Crippen molar-refractivity contribution in [3.05, 3.63) is 23.5 Å². The van der Waals surface area contributed by atoms with Crippen LogP contribution in [-0.4, -0.2) is 16.7 Å². The highest BCUT2D eigenvalue weighted by Gasteiger charge is 2.03. The Hall–Kier alpha value is -0.960. The van der Waals surface area contributed by atoms with Crippen molar-refractivity contribution in [2.45, 2.75) is 19.8 Å². The molecule has 0 aliphatic heterocycles. The van der Waals surface area contributed by atoms with Gasteiger partial charge in [-0.1, -0.05) is 6.92 Å². The van der Waals surface area contributed by atoms with E-state index in [4.69, 9.17) is 5.73 Å². The normalized spacial score (nSPS) is 13.0. The van der Waals surface area contributed by atoms with Crippen molar-refractivity contribution < 1.29 is 0 Å². The molecule has 0 saturated carbocycles. The summed E-state index contributed by atoms with van der Waals surface area (Å²) >= 11 is 0. The first-order valence-corrected chi connectivity index (χ1v) is 3.74. The SMILES string of the molecule is Cc1ccc([C@@H](C)CN)nn1. The summed E-state index contributed by atoms with van der Waals surface area (Å²) < 4.78 is 0. The Morgan fingerprint density at radius 3 is 2.64 bits per heavy atom. The van der Waals surface area contributed by atoms with E-state index in [2.05, 4.69) is 10.2 Å². The minimum atomic E-state index is 0.308. The van der Waals surface area contributed by atoms with Crippen LogP contribution in [0, 0.1) is 6.92 Å². The molecule has 0 aliphatic carbocycles. The Labute approximate surface area is 66.6 Å². The van der Waals surface area contributed by atoms with Crippen molar-refractivity contribution in [1.82, 2.24) is 10.2 Å². The monoisotopic (exact) mass is 151 g/mol. The van der Waals surface area contributed by atoms with Gasteiger partial charge < -0.3 is 5.73 Å². The molecule has 0 amide bonds. The van der Waals surface area contributed by atoms with E-state index in [1.807, 2.05) is 26.0 Å². The lowest BCUT2D eigenvalue weighted by molar-refractivity contribution is 0.719. The second kappa shape index (κ2) is 3.44. The fourth-order valence-corrected chi connectivity index (χ4v) is 0.793. The molecule has 1 aromatic heterocycles. The molecular weight excluding hydrogens is 138 g/mol. The van der Waals surface area contributed by atoms with E-state index in [1.54, 1.807) is 0 Å². The van der Waals surface area contributed by atoms with Crippen LogP contribution in [0.25, 0.3) is 0 Å². The summed E-state index contributed by atoms with van der Waals surface area (Å²) in [5, 5.41) is 7.96. The fourth-order valence-electron chi connectivity index (χ4n) is 0.793. The third kappa shape index (κ3) is 1.98. The van der Waals surface area contributed by atoms with Crippen LogP contribution in [0.5, 0.6) is 0 Å². The van der Waals surface area contributed by atoms with Crippen LogP contribution in [0.15, 0.2) is 12.1 Å². The smallest absolute Gasteiger partial charge is 0.0672 e. The van der Waals surface area contributed by atoms with Gasteiger partial charge in [0.15, 0.2) is 0 Å². The molecule has 0 unspecified atom stereocenters. The maximum absolute atomic E-state index is 5.47. The Kier molecular flexibility index (Phi) is 2.54. The molecule has 3 heteroatoms. The summed E-state index contributed by atoms with van der Waals surface area (Å²) in [5.74, 6) is 0.308. The second-order valence-electron chi connectivity index (χ2n) is 2.74. The summed E-state index contributed by atoms with van der Waals surface area (Å²) in [5.41, 5.74) is 7.39. The predicted octanol–water partition coefficient (Wildman–Crippen LogP) is 0.847. The molecule has 0 aromatic carbocycles. The largest absolute Gasteiger partial charge is 0.330 e. The van der Waals surface area contributed by atoms with Crippen LogP contribution in [0.4, 0.5) is 0 Å². The molecule has 0 fully saturated rings. The van der Waals surface area contributed by atoms with Gasteiger partial charge in [-0.15, -0.1) is 0 Å². The molecule has 1 rings (SSSR count). The molecule has 11 heavy (non-hydrogen) atoms. The lowest BCUT2D eigenvalue weighted by Crippen LogP contribution is -2.10. The van der Waals surface area contributed by atoms with Gasteiger partial charge in [-0.05, 0) is 19.1 Å². The van der Waals surface area contributed by atoms with Gasteiger partial charge in [-0.3, -0.25) is 0 Å². The zero-order chi connectivity index (χ0) is 8.27. The molecule has 3 nitrogen and oxygen atoms in total. The van der Waals surface area contributed by atoms with Crippen LogP contribution in [-0.2, 0) is 0 Å². The molecule has 2 N–H and O–H groups in total. The van der Waals surface area contributed by atoms with Gasteiger partial charge in [-0.2, -0.15) is 10.2 Å². The van der Waals surface area contributed by atoms with E-state index in [-0.39, 0.29) is 0 Å². The molecule has 0 saturated heterocycles. The third-order valence-corrected chi connectivity index (χ3v) is 1.68. The van der Waals surface area contributed by atoms with E-state index in [1.165, 1.54) is 0 Å². The van der Waals surface area contributed by atoms with Crippen LogP contribution in [0.3, 0.4) is 0 Å². The first-order valence-electron chi connectivity index (χ1n) is 3.74. The van der Waals surface area contributed by atoms with Crippen molar-refractivity contribution in [2.24, 2.45) is 5.73 Å². The van der Waals surface area contributed by atoms with E-state index in [0.29, 0.717) is 12.5 Å². The number of rotatable bonds is 2. The highest BCUT2D eigenvalue weighted by Crippen LogP contribution is 2.08. The van der Waals surface area contributed by atoms with Gasteiger partial charge in [0.25, 0.3) is 0 Å². The lowest BCUT2D eigenvalue weighted by Gasteiger charge is -2.05. The number of hydrogen-bond donors (Lipinski definition) is 1. The van der Waals surface area contributed by atoms with E-state index >= 15 is 0 Å². The summed E-state index contributed by atoms with van der Waals surface area (Å²) in [6.45, 7) is 4.58. The summed E-state index contributed by atoms with van der Waals surface area (Å²) in [4.78, 5) is 0. The van der Waals surface area contributed by atoms with Crippen LogP contribution >= 0.6 is 0 Å². The number of aromatic nitrogens is 2.